The van der Waals surface area contributed by atoms with E-state index in [1.807, 2.05) is 25.1 Å². The maximum Gasteiger partial charge on any atom is 0.513 e. The lowest BCUT2D eigenvalue weighted by Gasteiger charge is -2.17. The van der Waals surface area contributed by atoms with E-state index in [1.54, 1.807) is 36.4 Å². The first-order chi connectivity index (χ1) is 12.6. The van der Waals surface area contributed by atoms with Crippen LogP contribution in [0.3, 0.4) is 0 Å². The molecule has 2 aromatic carbocycles. The predicted octanol–water partition coefficient (Wildman–Crippen LogP) is 4.79. The normalized spacial score (nSPS) is 11.5. The maximum absolute atomic E-state index is 12.3. The number of para-hydroxylation sites is 1. The first-order valence-electron chi connectivity index (χ1n) is 8.82. The van der Waals surface area contributed by atoms with E-state index in [0.717, 1.165) is 18.4 Å². The summed E-state index contributed by atoms with van der Waals surface area (Å²) >= 11 is 0. The molecule has 0 saturated heterocycles. The summed E-state index contributed by atoms with van der Waals surface area (Å²) in [5.41, 5.74) is 1.63. The number of hydrogen-bond donors (Lipinski definition) is 0. The van der Waals surface area contributed by atoms with E-state index in [0.29, 0.717) is 17.7 Å². The van der Waals surface area contributed by atoms with Crippen LogP contribution >= 0.6 is 0 Å². The molecule has 5 heteroatoms. The van der Waals surface area contributed by atoms with Crippen LogP contribution in [0.25, 0.3) is 0 Å². The number of carbonyl (C=O) groups excluding carboxylic acids is 2. The van der Waals surface area contributed by atoms with E-state index >= 15 is 0 Å². The van der Waals surface area contributed by atoms with Gasteiger partial charge in [-0.25, -0.2) is 9.59 Å². The number of hydrogen-bond acceptors (Lipinski definition) is 5. The van der Waals surface area contributed by atoms with Gasteiger partial charge in [0.05, 0.1) is 5.56 Å². The monoisotopic (exact) mass is 356 g/mol. The topological polar surface area (TPSA) is 61.8 Å². The highest BCUT2D eigenvalue weighted by molar-refractivity contribution is 5.89. The highest BCUT2D eigenvalue weighted by Gasteiger charge is 2.18. The van der Waals surface area contributed by atoms with Crippen LogP contribution in [0.4, 0.5) is 4.79 Å². The molecule has 0 aliphatic carbocycles. The molecule has 0 fully saturated rings. The van der Waals surface area contributed by atoms with Gasteiger partial charge in [0.2, 0.25) is 0 Å². The van der Waals surface area contributed by atoms with Crippen LogP contribution in [0.5, 0.6) is 5.75 Å². The van der Waals surface area contributed by atoms with Gasteiger partial charge in [0.15, 0.2) is 0 Å². The van der Waals surface area contributed by atoms with Crippen LogP contribution in [0.2, 0.25) is 0 Å². The van der Waals surface area contributed by atoms with Gasteiger partial charge in [-0.1, -0.05) is 50.6 Å². The van der Waals surface area contributed by atoms with Crippen LogP contribution < -0.4 is 4.74 Å². The molecular formula is C21H24O5. The lowest BCUT2D eigenvalue weighted by molar-refractivity contribution is 0.000121. The Labute approximate surface area is 153 Å². The zero-order chi connectivity index (χ0) is 18.8. The molecule has 0 bridgehead atoms. The van der Waals surface area contributed by atoms with Crippen LogP contribution in [-0.4, -0.2) is 24.8 Å². The van der Waals surface area contributed by atoms with Gasteiger partial charge in [0.25, 0.3) is 0 Å². The molecule has 0 heterocycles. The Morgan fingerprint density at radius 3 is 2.27 bits per heavy atom. The molecule has 1 unspecified atom stereocenters. The molecule has 0 aromatic heterocycles. The molecule has 26 heavy (non-hydrogen) atoms. The Morgan fingerprint density at radius 1 is 0.962 bits per heavy atom. The summed E-state index contributed by atoms with van der Waals surface area (Å²) in [5.74, 6) is -0.0244. The fourth-order valence-electron chi connectivity index (χ4n) is 2.37. The molecule has 1 atom stereocenters. The van der Waals surface area contributed by atoms with Crippen molar-refractivity contribution in [2.75, 3.05) is 6.61 Å². The SMILES string of the molecule is CCCC(COC(=O)Oc1ccccc1)OC(=O)c1ccc(CC)cc1. The van der Waals surface area contributed by atoms with Crippen LogP contribution in [0.1, 0.15) is 42.6 Å². The number of carbonyl (C=O) groups is 2. The second-order valence-corrected chi connectivity index (χ2v) is 5.84. The summed E-state index contributed by atoms with van der Waals surface area (Å²) in [6, 6.07) is 15.9. The van der Waals surface area contributed by atoms with E-state index in [-0.39, 0.29) is 6.61 Å². The largest absolute Gasteiger partial charge is 0.513 e. The van der Waals surface area contributed by atoms with Crippen LogP contribution in [-0.2, 0) is 15.9 Å². The minimum Gasteiger partial charge on any atom is -0.455 e. The van der Waals surface area contributed by atoms with Crippen molar-refractivity contribution < 1.29 is 23.8 Å². The Hall–Kier alpha value is -2.82. The van der Waals surface area contributed by atoms with E-state index in [2.05, 4.69) is 6.92 Å². The molecule has 138 valence electrons. The lowest BCUT2D eigenvalue weighted by atomic mass is 10.1. The van der Waals surface area contributed by atoms with Crippen molar-refractivity contribution >= 4 is 12.1 Å². The molecule has 2 aromatic rings. The van der Waals surface area contributed by atoms with Gasteiger partial charge in [-0.2, -0.15) is 0 Å². The van der Waals surface area contributed by atoms with Gasteiger partial charge in [-0.15, -0.1) is 0 Å². The number of rotatable bonds is 8. The third-order valence-corrected chi connectivity index (χ3v) is 3.81. The van der Waals surface area contributed by atoms with Gasteiger partial charge in [0, 0.05) is 0 Å². The van der Waals surface area contributed by atoms with Gasteiger partial charge < -0.3 is 14.2 Å². The summed E-state index contributed by atoms with van der Waals surface area (Å²) in [6.45, 7) is 3.98. The van der Waals surface area contributed by atoms with Gasteiger partial charge in [0.1, 0.15) is 18.5 Å². The summed E-state index contributed by atoms with van der Waals surface area (Å²) in [7, 11) is 0. The average Bonchev–Trinajstić information content (AvgIpc) is 2.67. The number of ether oxygens (including phenoxy) is 3. The maximum atomic E-state index is 12.3. The van der Waals surface area contributed by atoms with Gasteiger partial charge in [-0.3, -0.25) is 0 Å². The second-order valence-electron chi connectivity index (χ2n) is 5.84. The van der Waals surface area contributed by atoms with Crippen LogP contribution in [0, 0.1) is 0 Å². The Kier molecular flexibility index (Phi) is 7.68. The van der Waals surface area contributed by atoms with Crippen LogP contribution in [0.15, 0.2) is 54.6 Å². The van der Waals surface area contributed by atoms with E-state index in [4.69, 9.17) is 14.2 Å². The van der Waals surface area contributed by atoms with Crippen molar-refractivity contribution in [3.05, 3.63) is 65.7 Å². The quantitative estimate of drug-likeness (QED) is 0.503. The average molecular weight is 356 g/mol. The van der Waals surface area contributed by atoms with Gasteiger partial charge in [-0.05, 0) is 42.7 Å². The van der Waals surface area contributed by atoms with Crippen molar-refractivity contribution in [3.8, 4) is 5.75 Å². The Morgan fingerprint density at radius 2 is 1.65 bits per heavy atom. The summed E-state index contributed by atoms with van der Waals surface area (Å²) in [6.07, 6.45) is 0.967. The third kappa shape index (κ3) is 6.24. The predicted molar refractivity (Wildman–Crippen MR) is 98.3 cm³/mol. The molecule has 2 rings (SSSR count). The zero-order valence-corrected chi connectivity index (χ0v) is 15.1. The van der Waals surface area contributed by atoms with Crippen molar-refractivity contribution in [1.29, 1.82) is 0 Å². The highest BCUT2D eigenvalue weighted by atomic mass is 16.7. The fraction of sp³-hybridized carbons (Fsp3) is 0.333. The molecule has 0 aliphatic heterocycles. The third-order valence-electron chi connectivity index (χ3n) is 3.81. The first-order valence-corrected chi connectivity index (χ1v) is 8.82. The molecular weight excluding hydrogens is 332 g/mol. The number of esters is 1. The number of aryl methyl sites for hydroxylation is 1. The molecule has 0 radical (unpaired) electrons. The van der Waals surface area contributed by atoms with E-state index in [9.17, 15) is 9.59 Å². The standard InChI is InChI=1S/C21H24O5/c1-3-8-19(15-24-21(23)26-18-9-6-5-7-10-18)25-20(22)17-13-11-16(4-2)12-14-17/h5-7,9-14,19H,3-4,8,15H2,1-2H3. The first kappa shape index (κ1) is 19.5. The molecule has 5 nitrogen and oxygen atoms in total. The van der Waals surface area contributed by atoms with Crippen molar-refractivity contribution in [3.63, 3.8) is 0 Å². The van der Waals surface area contributed by atoms with Crippen molar-refractivity contribution in [1.82, 2.24) is 0 Å². The summed E-state index contributed by atoms with van der Waals surface area (Å²) in [5, 5.41) is 0. The summed E-state index contributed by atoms with van der Waals surface area (Å²) in [4.78, 5) is 24.0. The minimum atomic E-state index is -0.819. The smallest absolute Gasteiger partial charge is 0.455 e. The molecule has 0 N–H and O–H groups in total. The van der Waals surface area contributed by atoms with Crippen molar-refractivity contribution in [2.45, 2.75) is 39.2 Å². The number of benzene rings is 2. The second kappa shape index (κ2) is 10.2. The zero-order valence-electron chi connectivity index (χ0n) is 15.1. The van der Waals surface area contributed by atoms with Gasteiger partial charge >= 0.3 is 12.1 Å². The molecule has 0 saturated carbocycles. The lowest BCUT2D eigenvalue weighted by Crippen LogP contribution is -2.26. The van der Waals surface area contributed by atoms with E-state index in [1.165, 1.54) is 0 Å². The Bertz CT molecular complexity index is 694. The Balaban J connectivity index is 1.86. The highest BCUT2D eigenvalue weighted by Crippen LogP contribution is 2.12. The molecule has 0 amide bonds. The molecule has 0 aliphatic rings. The summed E-state index contributed by atoms with van der Waals surface area (Å²) < 4.78 is 15.6. The molecule has 0 spiro atoms. The fourth-order valence-corrected chi connectivity index (χ4v) is 2.37. The van der Waals surface area contributed by atoms with E-state index < -0.39 is 18.2 Å². The van der Waals surface area contributed by atoms with Crippen molar-refractivity contribution in [2.24, 2.45) is 0 Å². The minimum absolute atomic E-state index is 0.0434.